The first-order valence-electron chi connectivity index (χ1n) is 18.2. The maximum atomic E-state index is 15.6. The van der Waals surface area contributed by atoms with E-state index in [-0.39, 0.29) is 11.6 Å². The lowest BCUT2D eigenvalue weighted by molar-refractivity contribution is 0.411. The predicted octanol–water partition coefficient (Wildman–Crippen LogP) is 15.9. The number of hydrogen-bond acceptors (Lipinski definition) is 4. The lowest BCUT2D eigenvalue weighted by Crippen LogP contribution is -2.05. The van der Waals surface area contributed by atoms with Gasteiger partial charge in [-0.2, -0.15) is 0 Å². The molecule has 0 aromatic carbocycles. The van der Waals surface area contributed by atoms with Crippen molar-refractivity contribution < 1.29 is 8.78 Å². The molecule has 2 unspecified atom stereocenters. The summed E-state index contributed by atoms with van der Waals surface area (Å²) in [4.78, 5) is 5.09. The summed E-state index contributed by atoms with van der Waals surface area (Å²) in [6.07, 6.45) is 22.5. The third kappa shape index (κ3) is 10.8. The second kappa shape index (κ2) is 20.2. The van der Waals surface area contributed by atoms with Crippen LogP contribution in [-0.4, -0.2) is 0 Å². The minimum absolute atomic E-state index is 0.299. The Kier molecular flexibility index (Phi) is 16.5. The molecule has 0 bridgehead atoms. The fraction of sp³-hybridized carbons (Fsp3) is 0.600. The molecule has 0 aliphatic carbocycles. The zero-order valence-corrected chi connectivity index (χ0v) is 32.0. The largest absolute Gasteiger partial charge is 0.205 e. The molecule has 0 aliphatic rings. The van der Waals surface area contributed by atoms with Crippen LogP contribution in [-0.2, 0) is 12.8 Å². The molecule has 46 heavy (non-hydrogen) atoms. The number of hydrogen-bond donors (Lipinski definition) is 0. The average molecular weight is 703 g/mol. The molecule has 0 saturated heterocycles. The van der Waals surface area contributed by atoms with Crippen molar-refractivity contribution in [3.63, 3.8) is 0 Å². The summed E-state index contributed by atoms with van der Waals surface area (Å²) >= 11 is 6.25. The van der Waals surface area contributed by atoms with Crippen molar-refractivity contribution in [2.75, 3.05) is 0 Å². The van der Waals surface area contributed by atoms with Crippen molar-refractivity contribution in [2.45, 2.75) is 143 Å². The van der Waals surface area contributed by atoms with Crippen LogP contribution >= 0.6 is 45.3 Å². The summed E-state index contributed by atoms with van der Waals surface area (Å²) in [5, 5.41) is 4.30. The van der Waals surface area contributed by atoms with Crippen LogP contribution in [0.25, 0.3) is 29.3 Å². The molecule has 4 aromatic rings. The summed E-state index contributed by atoms with van der Waals surface area (Å²) in [6, 6.07) is 7.79. The highest BCUT2D eigenvalue weighted by atomic mass is 32.1. The molecular formula is C40H56F2S4. The van der Waals surface area contributed by atoms with Gasteiger partial charge >= 0.3 is 0 Å². The van der Waals surface area contributed by atoms with E-state index in [1.807, 2.05) is 0 Å². The van der Waals surface area contributed by atoms with Crippen molar-refractivity contribution in [1.29, 1.82) is 0 Å². The molecule has 4 aromatic heterocycles. The third-order valence-electron chi connectivity index (χ3n) is 9.40. The molecule has 0 nitrogen and oxygen atoms in total. The van der Waals surface area contributed by atoms with Gasteiger partial charge in [-0.3, -0.25) is 0 Å². The molecule has 0 N–H and O–H groups in total. The maximum absolute atomic E-state index is 15.6. The van der Waals surface area contributed by atoms with Crippen molar-refractivity contribution >= 4 is 45.3 Å². The number of thiophene rings is 4. The Labute approximate surface area is 294 Å². The van der Waals surface area contributed by atoms with Crippen molar-refractivity contribution in [3.8, 4) is 29.3 Å². The van der Waals surface area contributed by atoms with Gasteiger partial charge in [0.2, 0.25) is 0 Å². The van der Waals surface area contributed by atoms with Crippen LogP contribution in [0.2, 0.25) is 0 Å². The van der Waals surface area contributed by atoms with Gasteiger partial charge in [-0.05, 0) is 70.8 Å². The molecule has 0 aliphatic heterocycles. The van der Waals surface area contributed by atoms with Crippen LogP contribution < -0.4 is 0 Å². The molecule has 0 saturated carbocycles. The van der Waals surface area contributed by atoms with E-state index in [0.717, 1.165) is 22.6 Å². The molecule has 6 heteroatoms. The van der Waals surface area contributed by atoms with Gasteiger partial charge in [0.05, 0.1) is 9.75 Å². The van der Waals surface area contributed by atoms with E-state index < -0.39 is 0 Å². The van der Waals surface area contributed by atoms with Crippen LogP contribution in [0.1, 0.15) is 142 Å². The van der Waals surface area contributed by atoms with E-state index in [1.165, 1.54) is 146 Å². The molecule has 4 heterocycles. The van der Waals surface area contributed by atoms with Crippen molar-refractivity contribution in [3.05, 3.63) is 57.8 Å². The predicted molar refractivity (Wildman–Crippen MR) is 205 cm³/mol. The third-order valence-corrected chi connectivity index (χ3v) is 14.1. The summed E-state index contributed by atoms with van der Waals surface area (Å²) < 4.78 is 31.2. The Bertz CT molecular complexity index is 1300. The summed E-state index contributed by atoms with van der Waals surface area (Å²) in [5.41, 5.74) is 2.66. The van der Waals surface area contributed by atoms with Crippen molar-refractivity contribution in [1.82, 2.24) is 0 Å². The Hall–Kier alpha value is -1.34. The first-order chi connectivity index (χ1) is 22.5. The average Bonchev–Trinajstić information content (AvgIpc) is 3.86. The number of rotatable bonds is 23. The molecule has 0 radical (unpaired) electrons. The first-order valence-corrected chi connectivity index (χ1v) is 21.6. The standard InChI is InChI=1S/C40H56F2S4/c1-5-9-13-15-19-29(17-11-7-3)25-31-21-23-43-37(31)35-27-33(41)39(45-35)40-34(42)28-36(46-40)38-32(22-24-44-38)26-30(18-12-8-4)20-16-14-10-6-2/h21-24,27-30H,5-20,25-26H2,1-4H3. The molecular weight excluding hydrogens is 647 g/mol. The van der Waals surface area contributed by atoms with E-state index in [2.05, 4.69) is 50.6 Å². The van der Waals surface area contributed by atoms with Crippen LogP contribution in [0, 0.1) is 23.5 Å². The van der Waals surface area contributed by atoms with Gasteiger partial charge in [-0.1, -0.05) is 130 Å². The Morgan fingerprint density at radius 2 is 0.891 bits per heavy atom. The lowest BCUT2D eigenvalue weighted by Gasteiger charge is -2.17. The van der Waals surface area contributed by atoms with Gasteiger partial charge < -0.3 is 0 Å². The van der Waals surface area contributed by atoms with Crippen molar-refractivity contribution in [2.24, 2.45) is 11.8 Å². The smallest absolute Gasteiger partial charge is 0.143 e. The van der Waals surface area contributed by atoms with Crippen LogP contribution in [0.5, 0.6) is 0 Å². The zero-order chi connectivity index (χ0) is 32.7. The topological polar surface area (TPSA) is 0 Å². The minimum Gasteiger partial charge on any atom is -0.205 e. The second-order valence-corrected chi connectivity index (χ2v) is 17.2. The summed E-state index contributed by atoms with van der Waals surface area (Å²) in [7, 11) is 0. The Balaban J connectivity index is 1.51. The van der Waals surface area contributed by atoms with Crippen LogP contribution in [0.4, 0.5) is 8.78 Å². The fourth-order valence-corrected chi connectivity index (χ4v) is 11.1. The van der Waals surface area contributed by atoms with E-state index in [4.69, 9.17) is 0 Å². The summed E-state index contributed by atoms with van der Waals surface area (Å²) in [5.74, 6) is 0.744. The molecule has 254 valence electrons. The molecule has 4 rings (SSSR count). The summed E-state index contributed by atoms with van der Waals surface area (Å²) in [6.45, 7) is 9.08. The molecule has 0 fully saturated rings. The number of halogens is 2. The fourth-order valence-electron chi connectivity index (χ4n) is 6.72. The normalized spacial score (nSPS) is 13.1. The molecule has 0 spiro atoms. The quantitative estimate of drug-likeness (QED) is 0.0675. The van der Waals surface area contributed by atoms with E-state index in [1.54, 1.807) is 34.8 Å². The zero-order valence-electron chi connectivity index (χ0n) is 28.7. The Morgan fingerprint density at radius 3 is 1.28 bits per heavy atom. The van der Waals surface area contributed by atoms with Crippen LogP contribution in [0.3, 0.4) is 0 Å². The molecule has 0 amide bonds. The van der Waals surface area contributed by atoms with Gasteiger partial charge in [0, 0.05) is 19.5 Å². The van der Waals surface area contributed by atoms with Gasteiger partial charge in [0.15, 0.2) is 0 Å². The van der Waals surface area contributed by atoms with E-state index >= 15 is 8.78 Å². The Morgan fingerprint density at radius 1 is 0.500 bits per heavy atom. The lowest BCUT2D eigenvalue weighted by atomic mass is 9.89. The first kappa shape index (κ1) is 37.5. The van der Waals surface area contributed by atoms with Gasteiger partial charge in [0.1, 0.15) is 11.6 Å². The highest BCUT2D eigenvalue weighted by Gasteiger charge is 2.23. The van der Waals surface area contributed by atoms with E-state index in [9.17, 15) is 0 Å². The highest BCUT2D eigenvalue weighted by Crippen LogP contribution is 2.47. The van der Waals surface area contributed by atoms with E-state index in [0.29, 0.717) is 21.6 Å². The minimum atomic E-state index is -0.299. The monoisotopic (exact) mass is 702 g/mol. The van der Waals surface area contributed by atoms with Gasteiger partial charge in [0.25, 0.3) is 0 Å². The highest BCUT2D eigenvalue weighted by molar-refractivity contribution is 7.28. The number of unbranched alkanes of at least 4 members (excludes halogenated alkanes) is 8. The van der Waals surface area contributed by atoms with Gasteiger partial charge in [-0.25, -0.2) is 8.78 Å². The molecule has 2 atom stereocenters. The van der Waals surface area contributed by atoms with Crippen LogP contribution in [0.15, 0.2) is 35.0 Å². The maximum Gasteiger partial charge on any atom is 0.143 e. The second-order valence-electron chi connectivity index (χ2n) is 13.2. The van der Waals surface area contributed by atoms with Gasteiger partial charge in [-0.15, -0.1) is 45.3 Å². The SMILES string of the molecule is CCCCCCC(CCCC)Cc1ccsc1-c1cc(F)c(-c2sc(-c3sccc3CC(CCCC)CCCCCC)cc2F)s1.